The van der Waals surface area contributed by atoms with Gasteiger partial charge in [0.1, 0.15) is 0 Å². The highest BCUT2D eigenvalue weighted by atomic mass is 32.2. The lowest BCUT2D eigenvalue weighted by atomic mass is 10.4. The van der Waals surface area contributed by atoms with Gasteiger partial charge < -0.3 is 4.74 Å². The second-order valence-electron chi connectivity index (χ2n) is 3.44. The first-order valence-electron chi connectivity index (χ1n) is 5.11. The molecule has 0 aliphatic carbocycles. The maximum absolute atomic E-state index is 11.8. The standard InChI is InChI=1S/C9H15N3O4S2/c1-12(4-3-9(13)16-2)18(14,15)11-6-8-5-10-7-17-8/h5,7,11H,3-4,6H2,1-2H3. The first-order chi connectivity index (χ1) is 8.45. The SMILES string of the molecule is COC(=O)CCN(C)S(=O)(=O)NCc1cncs1. The molecule has 0 saturated heterocycles. The number of carbonyl (C=O) groups excluding carboxylic acids is 1. The van der Waals surface area contributed by atoms with E-state index in [2.05, 4.69) is 14.4 Å². The maximum Gasteiger partial charge on any atom is 0.306 e. The number of thiazole rings is 1. The fourth-order valence-corrected chi connectivity index (χ4v) is 2.59. The van der Waals surface area contributed by atoms with Crippen LogP contribution in [0.5, 0.6) is 0 Å². The van der Waals surface area contributed by atoms with E-state index in [1.165, 1.54) is 25.5 Å². The molecule has 1 rings (SSSR count). The second-order valence-corrected chi connectivity index (χ2v) is 6.27. The number of esters is 1. The maximum atomic E-state index is 11.8. The van der Waals surface area contributed by atoms with Crippen molar-refractivity contribution in [2.75, 3.05) is 20.7 Å². The van der Waals surface area contributed by atoms with Crippen molar-refractivity contribution in [1.29, 1.82) is 0 Å². The van der Waals surface area contributed by atoms with E-state index in [1.54, 1.807) is 11.7 Å². The van der Waals surface area contributed by atoms with Gasteiger partial charge in [-0.1, -0.05) is 0 Å². The topological polar surface area (TPSA) is 88.6 Å². The first kappa shape index (κ1) is 15.0. The van der Waals surface area contributed by atoms with Crippen LogP contribution in [0.15, 0.2) is 11.7 Å². The van der Waals surface area contributed by atoms with E-state index < -0.39 is 16.2 Å². The number of nitrogens with zero attached hydrogens (tertiary/aromatic N) is 2. The van der Waals surface area contributed by atoms with Crippen LogP contribution in [-0.2, 0) is 26.3 Å². The molecule has 0 amide bonds. The lowest BCUT2D eigenvalue weighted by molar-refractivity contribution is -0.140. The predicted molar refractivity (Wildman–Crippen MR) is 67.1 cm³/mol. The summed E-state index contributed by atoms with van der Waals surface area (Å²) in [7, 11) is -0.922. The summed E-state index contributed by atoms with van der Waals surface area (Å²) in [5, 5.41) is 0. The minimum absolute atomic E-state index is 0.0223. The van der Waals surface area contributed by atoms with Gasteiger partial charge in [-0.3, -0.25) is 9.78 Å². The molecule has 0 aliphatic rings. The van der Waals surface area contributed by atoms with Gasteiger partial charge in [0.05, 0.1) is 19.0 Å². The van der Waals surface area contributed by atoms with E-state index in [1.807, 2.05) is 0 Å². The van der Waals surface area contributed by atoms with E-state index in [0.29, 0.717) is 0 Å². The number of methoxy groups -OCH3 is 1. The van der Waals surface area contributed by atoms with Gasteiger partial charge >= 0.3 is 5.97 Å². The molecule has 1 aromatic rings. The summed E-state index contributed by atoms with van der Waals surface area (Å²) in [6.45, 7) is 0.264. The molecular weight excluding hydrogens is 278 g/mol. The minimum atomic E-state index is -3.59. The Morgan fingerprint density at radius 1 is 1.61 bits per heavy atom. The van der Waals surface area contributed by atoms with E-state index in [0.717, 1.165) is 9.18 Å². The lowest BCUT2D eigenvalue weighted by Gasteiger charge is -2.16. The number of nitrogens with one attached hydrogen (secondary N) is 1. The molecule has 1 heterocycles. The Hall–Kier alpha value is -1.03. The van der Waals surface area contributed by atoms with Crippen molar-refractivity contribution in [2.24, 2.45) is 0 Å². The summed E-state index contributed by atoms with van der Waals surface area (Å²) in [4.78, 5) is 15.6. The van der Waals surface area contributed by atoms with Crippen LogP contribution >= 0.6 is 11.3 Å². The van der Waals surface area contributed by atoms with Gasteiger partial charge in [-0.2, -0.15) is 17.4 Å². The van der Waals surface area contributed by atoms with Gasteiger partial charge in [-0.15, -0.1) is 11.3 Å². The summed E-state index contributed by atoms with van der Waals surface area (Å²) >= 11 is 1.37. The number of aromatic nitrogens is 1. The van der Waals surface area contributed by atoms with Gasteiger partial charge in [0, 0.05) is 31.2 Å². The minimum Gasteiger partial charge on any atom is -0.469 e. The second kappa shape index (κ2) is 6.78. The first-order valence-corrected chi connectivity index (χ1v) is 7.43. The summed E-state index contributed by atoms with van der Waals surface area (Å²) in [5.41, 5.74) is 1.63. The van der Waals surface area contributed by atoms with Crippen molar-refractivity contribution in [2.45, 2.75) is 13.0 Å². The third kappa shape index (κ3) is 4.69. The number of ether oxygens (including phenoxy) is 1. The molecule has 0 aliphatic heterocycles. The fourth-order valence-electron chi connectivity index (χ4n) is 1.07. The van der Waals surface area contributed by atoms with Crippen LogP contribution < -0.4 is 4.72 Å². The molecule has 0 radical (unpaired) electrons. The smallest absolute Gasteiger partial charge is 0.306 e. The Bertz CT molecular complexity index is 472. The predicted octanol–water partition coefficient (Wildman–Crippen LogP) is -0.0276. The van der Waals surface area contributed by atoms with Crippen molar-refractivity contribution in [3.63, 3.8) is 0 Å². The van der Waals surface area contributed by atoms with E-state index >= 15 is 0 Å². The molecule has 7 nitrogen and oxygen atoms in total. The number of hydrogen-bond donors (Lipinski definition) is 1. The summed E-state index contributed by atoms with van der Waals surface area (Å²) < 4.78 is 31.5. The zero-order valence-electron chi connectivity index (χ0n) is 10.1. The molecule has 0 atom stereocenters. The zero-order valence-corrected chi connectivity index (χ0v) is 11.8. The number of hydrogen-bond acceptors (Lipinski definition) is 6. The number of rotatable bonds is 7. The van der Waals surface area contributed by atoms with Crippen LogP contribution in [0.3, 0.4) is 0 Å². The molecule has 0 aromatic carbocycles. The molecule has 102 valence electrons. The van der Waals surface area contributed by atoms with Crippen molar-refractivity contribution in [1.82, 2.24) is 14.0 Å². The van der Waals surface area contributed by atoms with Gasteiger partial charge in [-0.25, -0.2) is 0 Å². The molecule has 0 saturated carbocycles. The van der Waals surface area contributed by atoms with Crippen molar-refractivity contribution in [3.8, 4) is 0 Å². The zero-order chi connectivity index (χ0) is 13.6. The van der Waals surface area contributed by atoms with Crippen LogP contribution in [0.1, 0.15) is 11.3 Å². The quantitative estimate of drug-likeness (QED) is 0.713. The van der Waals surface area contributed by atoms with E-state index in [-0.39, 0.29) is 19.5 Å². The highest BCUT2D eigenvalue weighted by molar-refractivity contribution is 7.87. The monoisotopic (exact) mass is 293 g/mol. The molecule has 9 heteroatoms. The molecule has 1 N–H and O–H groups in total. The van der Waals surface area contributed by atoms with E-state index in [4.69, 9.17) is 0 Å². The average molecular weight is 293 g/mol. The summed E-state index contributed by atoms with van der Waals surface area (Å²) in [6.07, 6.45) is 1.62. The average Bonchev–Trinajstić information content (AvgIpc) is 2.86. The van der Waals surface area contributed by atoms with Crippen LogP contribution in [0.25, 0.3) is 0 Å². The Morgan fingerprint density at radius 2 is 2.33 bits per heavy atom. The van der Waals surface area contributed by atoms with Crippen LogP contribution in [-0.4, -0.2) is 44.4 Å². The largest absolute Gasteiger partial charge is 0.469 e. The molecule has 0 unspecified atom stereocenters. The van der Waals surface area contributed by atoms with Crippen LogP contribution in [0, 0.1) is 0 Å². The molecule has 0 spiro atoms. The molecule has 18 heavy (non-hydrogen) atoms. The Balaban J connectivity index is 2.44. The Labute approximate surface area is 110 Å². The third-order valence-corrected chi connectivity index (χ3v) is 4.47. The van der Waals surface area contributed by atoms with Gasteiger partial charge in [-0.05, 0) is 0 Å². The fraction of sp³-hybridized carbons (Fsp3) is 0.556. The Morgan fingerprint density at radius 3 is 2.89 bits per heavy atom. The molecule has 1 aromatic heterocycles. The van der Waals surface area contributed by atoms with Crippen LogP contribution in [0.2, 0.25) is 0 Å². The van der Waals surface area contributed by atoms with E-state index in [9.17, 15) is 13.2 Å². The summed E-state index contributed by atoms with van der Waals surface area (Å²) in [5.74, 6) is -0.445. The van der Waals surface area contributed by atoms with Crippen LogP contribution in [0.4, 0.5) is 0 Å². The van der Waals surface area contributed by atoms with Gasteiger partial charge in [0.25, 0.3) is 10.2 Å². The highest BCUT2D eigenvalue weighted by Crippen LogP contribution is 2.06. The normalized spacial score (nSPS) is 11.7. The third-order valence-electron chi connectivity index (χ3n) is 2.18. The Kier molecular flexibility index (Phi) is 5.66. The van der Waals surface area contributed by atoms with Crippen molar-refractivity contribution >= 4 is 27.5 Å². The van der Waals surface area contributed by atoms with Gasteiger partial charge in [0.2, 0.25) is 0 Å². The molecular formula is C9H15N3O4S2. The van der Waals surface area contributed by atoms with Crippen molar-refractivity contribution < 1.29 is 17.9 Å². The summed E-state index contributed by atoms with van der Waals surface area (Å²) in [6, 6.07) is 0. The number of carbonyl (C=O) groups is 1. The highest BCUT2D eigenvalue weighted by Gasteiger charge is 2.18. The molecule has 0 bridgehead atoms. The molecule has 0 fully saturated rings. The van der Waals surface area contributed by atoms with Gasteiger partial charge in [0.15, 0.2) is 0 Å². The lowest BCUT2D eigenvalue weighted by Crippen LogP contribution is -2.38. The van der Waals surface area contributed by atoms with Crippen molar-refractivity contribution in [3.05, 3.63) is 16.6 Å².